The minimum absolute atomic E-state index is 0.0685. The predicted octanol–water partition coefficient (Wildman–Crippen LogP) is 5.33. The molecule has 1 fully saturated rings. The number of methoxy groups -OCH3 is 1. The standard InChI is InChI=1S/C22H18F7NO3/c1-33-20(32)16-6-7-17(18(16)11-2-4-15(23)5-3-11)30-19(31)12-8-13(21(24,25)26)10-14(9-12)22(27,28)29/h2-5,8-10,16-18H,6-7H2,1H3,(H,30,31)/t16-,17+,18+/m0/s1. The molecule has 2 aromatic carbocycles. The molecule has 1 N–H and O–H groups in total. The molecule has 2 aromatic rings. The predicted molar refractivity (Wildman–Crippen MR) is 102 cm³/mol. The van der Waals surface area contributed by atoms with Gasteiger partial charge in [-0.15, -0.1) is 0 Å². The Morgan fingerprint density at radius 3 is 1.94 bits per heavy atom. The number of hydrogen-bond acceptors (Lipinski definition) is 3. The van der Waals surface area contributed by atoms with Crippen molar-refractivity contribution in [3.05, 3.63) is 70.5 Å². The quantitative estimate of drug-likeness (QED) is 0.479. The molecule has 0 saturated heterocycles. The van der Waals surface area contributed by atoms with Gasteiger partial charge in [0.15, 0.2) is 0 Å². The van der Waals surface area contributed by atoms with Crippen molar-refractivity contribution in [3.63, 3.8) is 0 Å². The third kappa shape index (κ3) is 5.45. The topological polar surface area (TPSA) is 55.4 Å². The summed E-state index contributed by atoms with van der Waals surface area (Å²) in [5.74, 6) is -3.75. The van der Waals surface area contributed by atoms with Crippen molar-refractivity contribution in [1.82, 2.24) is 5.32 Å². The second-order valence-electron chi connectivity index (χ2n) is 7.66. The fourth-order valence-electron chi connectivity index (χ4n) is 4.06. The third-order valence-corrected chi connectivity index (χ3v) is 5.58. The van der Waals surface area contributed by atoms with Gasteiger partial charge < -0.3 is 10.1 Å². The van der Waals surface area contributed by atoms with Crippen LogP contribution in [0.5, 0.6) is 0 Å². The maximum absolute atomic E-state index is 13.3. The molecular formula is C22H18F7NO3. The molecule has 3 rings (SSSR count). The maximum atomic E-state index is 13.3. The Hall–Kier alpha value is -3.11. The van der Waals surface area contributed by atoms with E-state index in [0.29, 0.717) is 17.7 Å². The normalized spacial score (nSPS) is 21.0. The van der Waals surface area contributed by atoms with Gasteiger partial charge in [-0.05, 0) is 48.7 Å². The number of carbonyl (C=O) groups excluding carboxylic acids is 2. The second-order valence-corrected chi connectivity index (χ2v) is 7.66. The molecule has 33 heavy (non-hydrogen) atoms. The van der Waals surface area contributed by atoms with Gasteiger partial charge in [-0.2, -0.15) is 26.3 Å². The molecule has 178 valence electrons. The Labute approximate surface area is 183 Å². The molecule has 0 spiro atoms. The van der Waals surface area contributed by atoms with Crippen molar-refractivity contribution >= 4 is 11.9 Å². The fourth-order valence-corrected chi connectivity index (χ4v) is 4.06. The summed E-state index contributed by atoms with van der Waals surface area (Å²) in [6.07, 6.45) is -9.75. The Morgan fingerprint density at radius 1 is 0.909 bits per heavy atom. The first-order chi connectivity index (χ1) is 15.3. The average Bonchev–Trinajstić information content (AvgIpc) is 3.15. The number of nitrogens with one attached hydrogen (secondary N) is 1. The van der Waals surface area contributed by atoms with E-state index < -0.39 is 64.6 Å². The van der Waals surface area contributed by atoms with E-state index >= 15 is 0 Å². The van der Waals surface area contributed by atoms with Crippen LogP contribution in [0.3, 0.4) is 0 Å². The van der Waals surface area contributed by atoms with Crippen molar-refractivity contribution in [1.29, 1.82) is 0 Å². The molecule has 1 saturated carbocycles. The average molecular weight is 477 g/mol. The van der Waals surface area contributed by atoms with Gasteiger partial charge in [-0.25, -0.2) is 4.39 Å². The van der Waals surface area contributed by atoms with E-state index in [4.69, 9.17) is 4.74 Å². The Morgan fingerprint density at radius 2 is 1.45 bits per heavy atom. The SMILES string of the molecule is COC(=O)[C@H]1CC[C@@H](NC(=O)c2cc(C(F)(F)F)cc(C(F)(F)F)c2)[C@@H]1c1ccc(F)cc1. The summed E-state index contributed by atoms with van der Waals surface area (Å²) in [6, 6.07) is 4.87. The first-order valence-electron chi connectivity index (χ1n) is 9.75. The largest absolute Gasteiger partial charge is 0.469 e. The van der Waals surface area contributed by atoms with E-state index in [0.717, 1.165) is 19.2 Å². The second kappa shape index (κ2) is 9.03. The molecule has 4 nitrogen and oxygen atoms in total. The van der Waals surface area contributed by atoms with E-state index in [-0.39, 0.29) is 18.9 Å². The molecule has 0 heterocycles. The first kappa shape index (κ1) is 24.5. The zero-order valence-corrected chi connectivity index (χ0v) is 17.1. The summed E-state index contributed by atoms with van der Waals surface area (Å²) in [5, 5.41) is 2.45. The van der Waals surface area contributed by atoms with Gasteiger partial charge in [0.05, 0.1) is 24.2 Å². The zero-order valence-electron chi connectivity index (χ0n) is 17.1. The van der Waals surface area contributed by atoms with Gasteiger partial charge in [0, 0.05) is 17.5 Å². The number of alkyl halides is 6. The number of carbonyl (C=O) groups is 2. The molecular weight excluding hydrogens is 459 g/mol. The van der Waals surface area contributed by atoms with Crippen LogP contribution in [0.4, 0.5) is 30.7 Å². The number of amides is 1. The monoisotopic (exact) mass is 477 g/mol. The van der Waals surface area contributed by atoms with Gasteiger partial charge in [-0.3, -0.25) is 9.59 Å². The van der Waals surface area contributed by atoms with Crippen LogP contribution < -0.4 is 5.32 Å². The third-order valence-electron chi connectivity index (χ3n) is 5.58. The van der Waals surface area contributed by atoms with Gasteiger partial charge in [0.1, 0.15) is 5.82 Å². The number of rotatable bonds is 4. The van der Waals surface area contributed by atoms with Gasteiger partial charge in [-0.1, -0.05) is 12.1 Å². The van der Waals surface area contributed by atoms with Crippen LogP contribution in [0.25, 0.3) is 0 Å². The van der Waals surface area contributed by atoms with Crippen molar-refractivity contribution in [3.8, 4) is 0 Å². The summed E-state index contributed by atoms with van der Waals surface area (Å²) in [7, 11) is 1.16. The molecule has 0 radical (unpaired) electrons. The van der Waals surface area contributed by atoms with Crippen LogP contribution in [0.1, 0.15) is 45.8 Å². The molecule has 0 aliphatic heterocycles. The Balaban J connectivity index is 1.95. The first-order valence-corrected chi connectivity index (χ1v) is 9.75. The fraction of sp³-hybridized carbons (Fsp3) is 0.364. The van der Waals surface area contributed by atoms with Gasteiger partial charge >= 0.3 is 18.3 Å². The van der Waals surface area contributed by atoms with Crippen LogP contribution >= 0.6 is 0 Å². The molecule has 0 bridgehead atoms. The summed E-state index contributed by atoms with van der Waals surface area (Å²) in [5.41, 5.74) is -3.58. The number of halogens is 7. The van der Waals surface area contributed by atoms with E-state index in [1.54, 1.807) is 0 Å². The molecule has 1 aliphatic rings. The lowest BCUT2D eigenvalue weighted by molar-refractivity contribution is -0.146. The van der Waals surface area contributed by atoms with E-state index in [2.05, 4.69) is 5.32 Å². The molecule has 11 heteroatoms. The van der Waals surface area contributed by atoms with Gasteiger partial charge in [0.2, 0.25) is 0 Å². The van der Waals surface area contributed by atoms with Crippen LogP contribution in [0.2, 0.25) is 0 Å². The zero-order chi connectivity index (χ0) is 24.6. The number of hydrogen-bond donors (Lipinski definition) is 1. The lowest BCUT2D eigenvalue weighted by Gasteiger charge is -2.25. The Bertz CT molecular complexity index is 1000. The van der Waals surface area contributed by atoms with Crippen molar-refractivity contribution in [2.75, 3.05) is 7.11 Å². The van der Waals surface area contributed by atoms with E-state index in [1.165, 1.54) is 12.1 Å². The summed E-state index contributed by atoms with van der Waals surface area (Å²) in [6.45, 7) is 0. The van der Waals surface area contributed by atoms with Crippen molar-refractivity contribution < 1.29 is 45.1 Å². The molecule has 1 amide bonds. The highest BCUT2D eigenvalue weighted by atomic mass is 19.4. The highest BCUT2D eigenvalue weighted by molar-refractivity contribution is 5.95. The van der Waals surface area contributed by atoms with Crippen LogP contribution in [-0.4, -0.2) is 25.0 Å². The minimum Gasteiger partial charge on any atom is -0.469 e. The lowest BCUT2D eigenvalue weighted by atomic mass is 9.86. The molecule has 0 unspecified atom stereocenters. The van der Waals surface area contributed by atoms with Crippen molar-refractivity contribution in [2.45, 2.75) is 37.2 Å². The van der Waals surface area contributed by atoms with Crippen LogP contribution in [-0.2, 0) is 21.9 Å². The van der Waals surface area contributed by atoms with Crippen LogP contribution in [0.15, 0.2) is 42.5 Å². The lowest BCUT2D eigenvalue weighted by Crippen LogP contribution is -2.39. The van der Waals surface area contributed by atoms with Crippen molar-refractivity contribution in [2.24, 2.45) is 5.92 Å². The number of esters is 1. The van der Waals surface area contributed by atoms with Gasteiger partial charge in [0.25, 0.3) is 5.91 Å². The van der Waals surface area contributed by atoms with E-state index in [1.807, 2.05) is 0 Å². The molecule has 0 aromatic heterocycles. The smallest absolute Gasteiger partial charge is 0.416 e. The summed E-state index contributed by atoms with van der Waals surface area (Å²) in [4.78, 5) is 24.9. The minimum atomic E-state index is -5.10. The summed E-state index contributed by atoms with van der Waals surface area (Å²) >= 11 is 0. The highest BCUT2D eigenvalue weighted by Gasteiger charge is 2.43. The molecule has 3 atom stereocenters. The Kier molecular flexibility index (Phi) is 6.71. The highest BCUT2D eigenvalue weighted by Crippen LogP contribution is 2.41. The number of benzene rings is 2. The maximum Gasteiger partial charge on any atom is 0.416 e. The summed E-state index contributed by atoms with van der Waals surface area (Å²) < 4.78 is 96.8. The number of ether oxygens (including phenoxy) is 1. The molecule has 1 aliphatic carbocycles. The van der Waals surface area contributed by atoms with Crippen LogP contribution in [0, 0.1) is 11.7 Å². The van der Waals surface area contributed by atoms with E-state index in [9.17, 15) is 40.3 Å².